The van der Waals surface area contributed by atoms with E-state index in [2.05, 4.69) is 15.2 Å². The molecule has 0 aromatic carbocycles. The highest BCUT2D eigenvalue weighted by Crippen LogP contribution is 2.37. The molecule has 1 fully saturated rings. The van der Waals surface area contributed by atoms with Crippen LogP contribution in [0.3, 0.4) is 0 Å². The van der Waals surface area contributed by atoms with Crippen molar-refractivity contribution < 1.29 is 0 Å². The maximum absolute atomic E-state index is 11.6. The minimum atomic E-state index is -0.153. The zero-order valence-electron chi connectivity index (χ0n) is 9.88. The van der Waals surface area contributed by atoms with Crippen LogP contribution in [0.2, 0.25) is 0 Å². The second kappa shape index (κ2) is 4.16. The summed E-state index contributed by atoms with van der Waals surface area (Å²) in [4.78, 5) is 15.9. The van der Waals surface area contributed by atoms with Crippen LogP contribution in [0.5, 0.6) is 0 Å². The van der Waals surface area contributed by atoms with E-state index in [0.717, 1.165) is 23.4 Å². The van der Waals surface area contributed by atoms with Gasteiger partial charge in [0.25, 0.3) is 0 Å². The number of H-pyrrole nitrogens is 1. The van der Waals surface area contributed by atoms with E-state index in [-0.39, 0.29) is 5.69 Å². The SMILES string of the molecule is Cc1cnc(Sc2n[nH]c(=O)n2C2CC2)cc1N. The highest BCUT2D eigenvalue weighted by atomic mass is 32.2. The first-order chi connectivity index (χ1) is 8.65. The Morgan fingerprint density at radius 2 is 2.33 bits per heavy atom. The molecule has 0 saturated heterocycles. The normalized spacial score (nSPS) is 14.9. The molecule has 2 aromatic rings. The third-order valence-corrected chi connectivity index (χ3v) is 3.80. The van der Waals surface area contributed by atoms with Crippen LogP contribution >= 0.6 is 11.8 Å². The summed E-state index contributed by atoms with van der Waals surface area (Å²) < 4.78 is 1.70. The molecule has 0 aliphatic heterocycles. The predicted octanol–water partition coefficient (Wildman–Crippen LogP) is 1.34. The number of aryl methyl sites for hydroxylation is 1. The molecule has 1 saturated carbocycles. The summed E-state index contributed by atoms with van der Waals surface area (Å²) in [5.74, 6) is 0. The minimum absolute atomic E-state index is 0.153. The molecule has 0 unspecified atom stereocenters. The Labute approximate surface area is 108 Å². The Bertz CT molecular complexity index is 643. The van der Waals surface area contributed by atoms with Gasteiger partial charge in [0.05, 0.1) is 0 Å². The molecule has 1 aliphatic rings. The fraction of sp³-hybridized carbons (Fsp3) is 0.364. The van der Waals surface area contributed by atoms with E-state index in [1.54, 1.807) is 16.8 Å². The van der Waals surface area contributed by atoms with Crippen LogP contribution in [-0.2, 0) is 0 Å². The largest absolute Gasteiger partial charge is 0.398 e. The molecule has 2 aromatic heterocycles. The van der Waals surface area contributed by atoms with Crippen LogP contribution in [0.25, 0.3) is 0 Å². The number of hydrogen-bond acceptors (Lipinski definition) is 5. The van der Waals surface area contributed by atoms with Gasteiger partial charge >= 0.3 is 5.69 Å². The summed E-state index contributed by atoms with van der Waals surface area (Å²) in [6.45, 7) is 1.91. The molecule has 6 nitrogen and oxygen atoms in total. The smallest absolute Gasteiger partial charge is 0.344 e. The van der Waals surface area contributed by atoms with Crippen molar-refractivity contribution >= 4 is 17.4 Å². The standard InChI is InChI=1S/C11H13N5OS/c1-6-5-13-9(4-8(6)12)18-11-15-14-10(17)16(11)7-2-3-7/h4-5,7H,2-3H2,1H3,(H2,12,13)(H,14,17). The van der Waals surface area contributed by atoms with Gasteiger partial charge in [0, 0.05) is 17.9 Å². The molecule has 3 N–H and O–H groups in total. The fourth-order valence-electron chi connectivity index (χ4n) is 1.69. The first kappa shape index (κ1) is 11.3. The van der Waals surface area contributed by atoms with Crippen molar-refractivity contribution in [3.63, 3.8) is 0 Å². The molecule has 0 radical (unpaired) electrons. The van der Waals surface area contributed by atoms with Crippen LogP contribution in [0.1, 0.15) is 24.4 Å². The molecular formula is C11H13N5OS. The van der Waals surface area contributed by atoms with Crippen molar-refractivity contribution in [2.75, 3.05) is 5.73 Å². The number of nitrogens with two attached hydrogens (primary N) is 1. The van der Waals surface area contributed by atoms with Gasteiger partial charge in [-0.1, -0.05) is 0 Å². The predicted molar refractivity (Wildman–Crippen MR) is 68.6 cm³/mol. The topological polar surface area (TPSA) is 89.6 Å². The molecule has 0 bridgehead atoms. The lowest BCUT2D eigenvalue weighted by molar-refractivity contribution is 0.642. The zero-order chi connectivity index (χ0) is 12.7. The number of anilines is 1. The van der Waals surface area contributed by atoms with E-state index in [0.29, 0.717) is 16.9 Å². The molecule has 2 heterocycles. The summed E-state index contributed by atoms with van der Waals surface area (Å²) in [5.41, 5.74) is 7.33. The Hall–Kier alpha value is -1.76. The van der Waals surface area contributed by atoms with Crippen molar-refractivity contribution in [3.05, 3.63) is 28.3 Å². The van der Waals surface area contributed by atoms with Crippen LogP contribution in [0.4, 0.5) is 5.69 Å². The highest BCUT2D eigenvalue weighted by Gasteiger charge is 2.28. The van der Waals surface area contributed by atoms with Gasteiger partial charge in [-0.3, -0.25) is 4.57 Å². The number of rotatable bonds is 3. The first-order valence-electron chi connectivity index (χ1n) is 5.72. The number of nitrogens with one attached hydrogen (secondary N) is 1. The molecule has 18 heavy (non-hydrogen) atoms. The maximum Gasteiger partial charge on any atom is 0.344 e. The Morgan fingerprint density at radius 3 is 3.00 bits per heavy atom. The molecule has 0 spiro atoms. The Kier molecular flexibility index (Phi) is 2.62. The minimum Gasteiger partial charge on any atom is -0.398 e. The number of hydrogen-bond donors (Lipinski definition) is 2. The first-order valence-corrected chi connectivity index (χ1v) is 6.53. The Morgan fingerprint density at radius 1 is 1.56 bits per heavy atom. The van der Waals surface area contributed by atoms with E-state index >= 15 is 0 Å². The second-order valence-electron chi connectivity index (χ2n) is 4.39. The molecular weight excluding hydrogens is 250 g/mol. The number of aromatic nitrogens is 4. The third-order valence-electron chi connectivity index (χ3n) is 2.90. The van der Waals surface area contributed by atoms with Gasteiger partial charge in [0.15, 0.2) is 5.16 Å². The third kappa shape index (κ3) is 2.01. The lowest BCUT2D eigenvalue weighted by atomic mass is 10.3. The lowest BCUT2D eigenvalue weighted by Crippen LogP contribution is -2.16. The van der Waals surface area contributed by atoms with Crippen molar-refractivity contribution in [1.29, 1.82) is 0 Å². The van der Waals surface area contributed by atoms with E-state index in [1.165, 1.54) is 11.8 Å². The maximum atomic E-state index is 11.6. The number of nitrogen functional groups attached to an aromatic ring is 1. The van der Waals surface area contributed by atoms with E-state index in [1.807, 2.05) is 6.92 Å². The van der Waals surface area contributed by atoms with Gasteiger partial charge in [-0.25, -0.2) is 14.9 Å². The van der Waals surface area contributed by atoms with Crippen LogP contribution in [0.15, 0.2) is 27.2 Å². The fourth-order valence-corrected chi connectivity index (χ4v) is 2.59. The van der Waals surface area contributed by atoms with Gasteiger partial charge in [-0.15, -0.1) is 5.10 Å². The van der Waals surface area contributed by atoms with Crippen LogP contribution in [0, 0.1) is 6.92 Å². The zero-order valence-corrected chi connectivity index (χ0v) is 10.7. The van der Waals surface area contributed by atoms with Gasteiger partial charge in [0.2, 0.25) is 0 Å². The lowest BCUT2D eigenvalue weighted by Gasteiger charge is -2.04. The number of nitrogens with zero attached hydrogens (tertiary/aromatic N) is 3. The molecule has 3 rings (SSSR count). The van der Waals surface area contributed by atoms with E-state index < -0.39 is 0 Å². The summed E-state index contributed by atoms with van der Waals surface area (Å²) in [5, 5.41) is 7.91. The summed E-state index contributed by atoms with van der Waals surface area (Å²) >= 11 is 1.36. The number of pyridine rings is 1. The average Bonchev–Trinajstić information content (AvgIpc) is 3.10. The quantitative estimate of drug-likeness (QED) is 0.872. The highest BCUT2D eigenvalue weighted by molar-refractivity contribution is 7.99. The van der Waals surface area contributed by atoms with Crippen molar-refractivity contribution in [2.45, 2.75) is 36.0 Å². The van der Waals surface area contributed by atoms with Gasteiger partial charge in [0.1, 0.15) is 5.03 Å². The van der Waals surface area contributed by atoms with Gasteiger partial charge in [-0.2, -0.15) is 0 Å². The van der Waals surface area contributed by atoms with Crippen molar-refractivity contribution in [2.24, 2.45) is 0 Å². The van der Waals surface area contributed by atoms with Crippen LogP contribution in [-0.4, -0.2) is 19.7 Å². The molecule has 7 heteroatoms. The summed E-state index contributed by atoms with van der Waals surface area (Å²) in [6.07, 6.45) is 3.80. The average molecular weight is 263 g/mol. The molecule has 94 valence electrons. The second-order valence-corrected chi connectivity index (χ2v) is 5.38. The van der Waals surface area contributed by atoms with Gasteiger partial charge < -0.3 is 5.73 Å². The Balaban J connectivity index is 1.92. The molecule has 1 aliphatic carbocycles. The summed E-state index contributed by atoms with van der Waals surface area (Å²) in [7, 11) is 0. The van der Waals surface area contributed by atoms with E-state index in [4.69, 9.17) is 5.73 Å². The van der Waals surface area contributed by atoms with Crippen molar-refractivity contribution in [3.8, 4) is 0 Å². The van der Waals surface area contributed by atoms with Crippen molar-refractivity contribution in [1.82, 2.24) is 19.7 Å². The van der Waals surface area contributed by atoms with Crippen LogP contribution < -0.4 is 11.4 Å². The monoisotopic (exact) mass is 263 g/mol. The number of aromatic amines is 1. The summed E-state index contributed by atoms with van der Waals surface area (Å²) in [6, 6.07) is 2.10. The molecule has 0 amide bonds. The van der Waals surface area contributed by atoms with Gasteiger partial charge in [-0.05, 0) is 43.2 Å². The molecule has 0 atom stereocenters. The van der Waals surface area contributed by atoms with E-state index in [9.17, 15) is 4.79 Å².